The van der Waals surface area contributed by atoms with E-state index in [9.17, 15) is 9.18 Å². The number of amides is 1. The van der Waals surface area contributed by atoms with Crippen LogP contribution in [0, 0.1) is 5.82 Å². The van der Waals surface area contributed by atoms with Crippen LogP contribution < -0.4 is 10.2 Å². The summed E-state index contributed by atoms with van der Waals surface area (Å²) in [5.41, 5.74) is 1.52. The maximum atomic E-state index is 13.9. The van der Waals surface area contributed by atoms with Gasteiger partial charge in [0, 0.05) is 43.5 Å². The molecule has 1 amide bonds. The largest absolute Gasteiger partial charge is 0.381 e. The van der Waals surface area contributed by atoms with Crippen LogP contribution in [-0.4, -0.2) is 43.7 Å². The predicted molar refractivity (Wildman–Crippen MR) is 118 cm³/mol. The van der Waals surface area contributed by atoms with Gasteiger partial charge in [-0.2, -0.15) is 11.8 Å². The number of nitrogens with one attached hydrogen (secondary N) is 1. The molecule has 2 aliphatic rings. The molecule has 2 aromatic rings. The summed E-state index contributed by atoms with van der Waals surface area (Å²) in [7, 11) is 0. The van der Waals surface area contributed by atoms with E-state index in [4.69, 9.17) is 16.3 Å². The molecule has 29 heavy (non-hydrogen) atoms. The van der Waals surface area contributed by atoms with Gasteiger partial charge in [-0.3, -0.25) is 4.79 Å². The molecule has 2 fully saturated rings. The molecular formula is C22H24ClFN2O2S. The Kier molecular flexibility index (Phi) is 6.32. The summed E-state index contributed by atoms with van der Waals surface area (Å²) in [6.45, 7) is 2.88. The van der Waals surface area contributed by atoms with E-state index in [2.05, 4.69) is 10.2 Å². The molecular weight excluding hydrogens is 411 g/mol. The van der Waals surface area contributed by atoms with E-state index in [1.54, 1.807) is 12.1 Å². The normalized spacial score (nSPS) is 19.0. The van der Waals surface area contributed by atoms with Crippen LogP contribution >= 0.6 is 23.4 Å². The molecule has 0 radical (unpaired) electrons. The van der Waals surface area contributed by atoms with E-state index in [1.807, 2.05) is 30.0 Å². The van der Waals surface area contributed by atoms with Gasteiger partial charge in [-0.05, 0) is 48.7 Å². The van der Waals surface area contributed by atoms with Crippen molar-refractivity contribution in [1.29, 1.82) is 0 Å². The van der Waals surface area contributed by atoms with E-state index < -0.39 is 5.41 Å². The fourth-order valence-corrected chi connectivity index (χ4v) is 5.25. The Morgan fingerprint density at radius 1 is 1.14 bits per heavy atom. The summed E-state index contributed by atoms with van der Waals surface area (Å²) in [6.07, 6.45) is 1.03. The molecule has 154 valence electrons. The van der Waals surface area contributed by atoms with E-state index in [-0.39, 0.29) is 11.7 Å². The Balaban J connectivity index is 1.57. The summed E-state index contributed by atoms with van der Waals surface area (Å²) >= 11 is 8.48. The summed E-state index contributed by atoms with van der Waals surface area (Å²) in [4.78, 5) is 15.6. The second-order valence-corrected chi connectivity index (χ2v) is 9.06. The fourth-order valence-electron chi connectivity index (χ4n) is 4.05. The number of ether oxygens (including phenoxy) is 1. The van der Waals surface area contributed by atoms with Gasteiger partial charge in [0.2, 0.25) is 5.91 Å². The van der Waals surface area contributed by atoms with Crippen molar-refractivity contribution in [2.45, 2.75) is 18.3 Å². The first-order valence-corrected chi connectivity index (χ1v) is 11.4. The maximum Gasteiger partial charge on any atom is 0.235 e. The van der Waals surface area contributed by atoms with Gasteiger partial charge in [0.05, 0.1) is 16.1 Å². The molecule has 0 unspecified atom stereocenters. The molecule has 0 bridgehead atoms. The average molecular weight is 435 g/mol. The van der Waals surface area contributed by atoms with Gasteiger partial charge < -0.3 is 15.0 Å². The van der Waals surface area contributed by atoms with Crippen LogP contribution in [0.25, 0.3) is 0 Å². The summed E-state index contributed by atoms with van der Waals surface area (Å²) < 4.78 is 19.3. The Morgan fingerprint density at radius 3 is 2.59 bits per heavy atom. The number of hydrogen-bond acceptors (Lipinski definition) is 4. The van der Waals surface area contributed by atoms with E-state index >= 15 is 0 Å². The van der Waals surface area contributed by atoms with Gasteiger partial charge in [-0.15, -0.1) is 0 Å². The topological polar surface area (TPSA) is 41.6 Å². The second kappa shape index (κ2) is 8.94. The van der Waals surface area contributed by atoms with Crippen molar-refractivity contribution >= 4 is 40.6 Å². The molecule has 2 aromatic carbocycles. The van der Waals surface area contributed by atoms with Gasteiger partial charge in [-0.25, -0.2) is 4.39 Å². The molecule has 1 N–H and O–H groups in total. The van der Waals surface area contributed by atoms with Crippen molar-refractivity contribution in [1.82, 2.24) is 0 Å². The number of benzene rings is 2. The van der Waals surface area contributed by atoms with Crippen LogP contribution in [0.4, 0.5) is 15.8 Å². The van der Waals surface area contributed by atoms with Crippen molar-refractivity contribution < 1.29 is 13.9 Å². The first kappa shape index (κ1) is 20.5. The summed E-state index contributed by atoms with van der Waals surface area (Å²) in [6, 6.07) is 12.0. The first-order chi connectivity index (χ1) is 14.1. The predicted octanol–water partition coefficient (Wildman–Crippen LogP) is 4.72. The van der Waals surface area contributed by atoms with Crippen molar-refractivity contribution in [3.05, 3.63) is 58.9 Å². The molecule has 0 atom stereocenters. The third-order valence-electron chi connectivity index (χ3n) is 5.72. The number of thioether (sulfide) groups is 1. The number of carbonyl (C=O) groups excluding carboxylic acids is 1. The summed E-state index contributed by atoms with van der Waals surface area (Å²) in [5, 5.41) is 3.64. The molecule has 0 aliphatic carbocycles. The highest BCUT2D eigenvalue weighted by Crippen LogP contribution is 2.37. The lowest BCUT2D eigenvalue weighted by molar-refractivity contribution is -0.125. The van der Waals surface area contributed by atoms with Gasteiger partial charge in [-0.1, -0.05) is 23.7 Å². The zero-order chi connectivity index (χ0) is 20.3. The van der Waals surface area contributed by atoms with Crippen LogP contribution in [-0.2, 0) is 14.9 Å². The van der Waals surface area contributed by atoms with Crippen LogP contribution in [0.2, 0.25) is 5.02 Å². The van der Waals surface area contributed by atoms with Crippen LogP contribution in [0.3, 0.4) is 0 Å². The third-order valence-corrected chi connectivity index (χ3v) is 6.96. The molecule has 0 saturated carbocycles. The van der Waals surface area contributed by atoms with Gasteiger partial charge >= 0.3 is 0 Å². The zero-order valence-electron chi connectivity index (χ0n) is 16.1. The lowest BCUT2D eigenvalue weighted by Crippen LogP contribution is -2.45. The van der Waals surface area contributed by atoms with Crippen molar-refractivity contribution in [3.63, 3.8) is 0 Å². The number of nitrogens with zero attached hydrogens (tertiary/aromatic N) is 1. The highest BCUT2D eigenvalue weighted by atomic mass is 35.5. The summed E-state index contributed by atoms with van der Waals surface area (Å²) in [5.74, 6) is 1.69. The van der Waals surface area contributed by atoms with Crippen LogP contribution in [0.1, 0.15) is 18.4 Å². The molecule has 0 aromatic heterocycles. The first-order valence-electron chi connectivity index (χ1n) is 9.86. The van der Waals surface area contributed by atoms with Gasteiger partial charge in [0.25, 0.3) is 0 Å². The average Bonchev–Trinajstić information content (AvgIpc) is 2.75. The number of halogens is 2. The molecule has 7 heteroatoms. The molecule has 2 heterocycles. The lowest BCUT2D eigenvalue weighted by Gasteiger charge is -2.36. The highest BCUT2D eigenvalue weighted by molar-refractivity contribution is 7.99. The molecule has 4 nitrogen and oxygen atoms in total. The zero-order valence-corrected chi connectivity index (χ0v) is 17.7. The van der Waals surface area contributed by atoms with Crippen molar-refractivity contribution in [2.75, 3.05) is 48.0 Å². The monoisotopic (exact) mass is 434 g/mol. The van der Waals surface area contributed by atoms with Gasteiger partial charge in [0.15, 0.2) is 0 Å². The minimum absolute atomic E-state index is 0.149. The number of rotatable bonds is 4. The quantitative estimate of drug-likeness (QED) is 0.756. The number of anilines is 2. The minimum Gasteiger partial charge on any atom is -0.381 e. The van der Waals surface area contributed by atoms with E-state index in [0.29, 0.717) is 42.3 Å². The molecule has 2 saturated heterocycles. The lowest BCUT2D eigenvalue weighted by atomic mass is 9.73. The SMILES string of the molecule is O=C(Nc1ccc(N2CCSCC2)c(Cl)c1)C1(c2cccc(F)c2)CCOCC1. The second-order valence-electron chi connectivity index (χ2n) is 7.42. The highest BCUT2D eigenvalue weighted by Gasteiger charge is 2.42. The van der Waals surface area contributed by atoms with Crippen LogP contribution in [0.5, 0.6) is 0 Å². The molecule has 2 aliphatic heterocycles. The van der Waals surface area contributed by atoms with E-state index in [0.717, 1.165) is 30.3 Å². The van der Waals surface area contributed by atoms with Crippen molar-refractivity contribution in [2.24, 2.45) is 0 Å². The Bertz CT molecular complexity index is 883. The van der Waals surface area contributed by atoms with Crippen LogP contribution in [0.15, 0.2) is 42.5 Å². The standard InChI is InChI=1S/C22H24ClFN2O2S/c23-19-15-18(4-5-20(19)26-8-12-29-13-9-26)25-21(27)22(6-10-28-11-7-22)16-2-1-3-17(24)14-16/h1-5,14-15H,6-13H2,(H,25,27). The van der Waals surface area contributed by atoms with Gasteiger partial charge in [0.1, 0.15) is 5.82 Å². The third kappa shape index (κ3) is 4.39. The smallest absolute Gasteiger partial charge is 0.235 e. The molecule has 4 rings (SSSR count). The Morgan fingerprint density at radius 2 is 1.90 bits per heavy atom. The minimum atomic E-state index is -0.810. The Hall–Kier alpha value is -1.76. The maximum absolute atomic E-state index is 13.9. The number of hydrogen-bond donors (Lipinski definition) is 1. The number of carbonyl (C=O) groups is 1. The van der Waals surface area contributed by atoms with E-state index in [1.165, 1.54) is 12.1 Å². The molecule has 0 spiro atoms. The fraction of sp³-hybridized carbons (Fsp3) is 0.409. The Labute approximate surface area is 179 Å². The van der Waals surface area contributed by atoms with Crippen molar-refractivity contribution in [3.8, 4) is 0 Å².